The van der Waals surface area contributed by atoms with Crippen LogP contribution < -0.4 is 10.6 Å². The molecule has 2 amide bonds. The lowest BCUT2D eigenvalue weighted by Crippen LogP contribution is -2.33. The van der Waals surface area contributed by atoms with E-state index in [9.17, 15) is 9.59 Å². The predicted molar refractivity (Wildman–Crippen MR) is 77.9 cm³/mol. The fourth-order valence-corrected chi connectivity index (χ4v) is 3.09. The van der Waals surface area contributed by atoms with Crippen LogP contribution >= 0.6 is 22.9 Å². The third-order valence-electron chi connectivity index (χ3n) is 2.53. The number of rotatable bonds is 4. The Kier molecular flexibility index (Phi) is 4.39. The lowest BCUT2D eigenvalue weighted by atomic mass is 10.2. The Bertz CT molecular complexity index is 624. The van der Waals surface area contributed by atoms with Gasteiger partial charge in [0, 0.05) is 30.1 Å². The Hall–Kier alpha value is -1.59. The van der Waals surface area contributed by atoms with Gasteiger partial charge in [0.1, 0.15) is 4.88 Å². The number of thiophene rings is 1. The number of nitrogens with one attached hydrogen (secondary N) is 2. The lowest BCUT2D eigenvalue weighted by molar-refractivity contribution is -0.118. The second kappa shape index (κ2) is 6.04. The minimum atomic E-state index is -0.212. The Morgan fingerprint density at radius 3 is 2.58 bits per heavy atom. The number of carbonyl (C=O) groups is 2. The van der Waals surface area contributed by atoms with Crippen molar-refractivity contribution in [1.82, 2.24) is 10.6 Å². The molecule has 0 unspecified atom stereocenters. The van der Waals surface area contributed by atoms with Crippen LogP contribution in [0.3, 0.4) is 0 Å². The first-order chi connectivity index (χ1) is 9.09. The van der Waals surface area contributed by atoms with Crippen molar-refractivity contribution in [1.29, 1.82) is 0 Å². The molecule has 0 radical (unpaired) electrons. The second-order valence-corrected chi connectivity index (χ2v) is 5.41. The lowest BCUT2D eigenvalue weighted by Gasteiger charge is -2.04. The van der Waals surface area contributed by atoms with Gasteiger partial charge >= 0.3 is 0 Å². The molecule has 0 aliphatic heterocycles. The van der Waals surface area contributed by atoms with Crippen LogP contribution in [-0.4, -0.2) is 24.9 Å². The van der Waals surface area contributed by atoms with Gasteiger partial charge in [0.05, 0.1) is 5.02 Å². The Balaban J connectivity index is 2.05. The number of benzene rings is 1. The van der Waals surface area contributed by atoms with Crippen molar-refractivity contribution in [2.24, 2.45) is 0 Å². The Morgan fingerprint density at radius 1 is 1.21 bits per heavy atom. The zero-order valence-electron chi connectivity index (χ0n) is 10.3. The highest BCUT2D eigenvalue weighted by atomic mass is 35.5. The van der Waals surface area contributed by atoms with Gasteiger partial charge in [-0.2, -0.15) is 0 Å². The highest BCUT2D eigenvalue weighted by Crippen LogP contribution is 2.34. The van der Waals surface area contributed by atoms with Crippen molar-refractivity contribution in [2.45, 2.75) is 6.92 Å². The minimum absolute atomic E-state index is 0.117. The summed E-state index contributed by atoms with van der Waals surface area (Å²) in [6.07, 6.45) is 0. The molecule has 2 aromatic rings. The number of halogens is 1. The molecule has 0 atom stereocenters. The van der Waals surface area contributed by atoms with Crippen LogP contribution in [0.5, 0.6) is 0 Å². The van der Waals surface area contributed by atoms with Crippen LogP contribution in [0.4, 0.5) is 0 Å². The van der Waals surface area contributed by atoms with Crippen LogP contribution in [-0.2, 0) is 4.79 Å². The van der Waals surface area contributed by atoms with Crippen LogP contribution in [0.15, 0.2) is 24.3 Å². The van der Waals surface area contributed by atoms with Gasteiger partial charge in [0.25, 0.3) is 5.91 Å². The van der Waals surface area contributed by atoms with E-state index in [1.165, 1.54) is 18.3 Å². The van der Waals surface area contributed by atoms with Crippen molar-refractivity contribution in [3.05, 3.63) is 34.2 Å². The maximum absolute atomic E-state index is 12.0. The molecule has 1 aromatic carbocycles. The number of hydrogen-bond acceptors (Lipinski definition) is 3. The van der Waals surface area contributed by atoms with E-state index in [1.54, 1.807) is 0 Å². The van der Waals surface area contributed by atoms with E-state index in [0.717, 1.165) is 10.1 Å². The van der Waals surface area contributed by atoms with E-state index in [2.05, 4.69) is 10.6 Å². The average molecular weight is 297 g/mol. The van der Waals surface area contributed by atoms with E-state index in [4.69, 9.17) is 11.6 Å². The summed E-state index contributed by atoms with van der Waals surface area (Å²) in [6.45, 7) is 2.22. The average Bonchev–Trinajstić information content (AvgIpc) is 2.72. The zero-order chi connectivity index (χ0) is 13.8. The Morgan fingerprint density at radius 2 is 1.89 bits per heavy atom. The quantitative estimate of drug-likeness (QED) is 0.851. The number of carbonyl (C=O) groups excluding carboxylic acids is 2. The summed E-state index contributed by atoms with van der Waals surface area (Å²) in [5.41, 5.74) is 0. The fraction of sp³-hybridized carbons (Fsp3) is 0.231. The van der Waals surface area contributed by atoms with Crippen LogP contribution in [0.2, 0.25) is 5.02 Å². The molecule has 2 rings (SSSR count). The number of hydrogen-bond donors (Lipinski definition) is 2. The second-order valence-electron chi connectivity index (χ2n) is 3.98. The van der Waals surface area contributed by atoms with Gasteiger partial charge in [-0.05, 0) is 6.07 Å². The normalized spacial score (nSPS) is 10.4. The van der Waals surface area contributed by atoms with Crippen molar-refractivity contribution >= 4 is 44.8 Å². The molecular formula is C13H13ClN2O2S. The topological polar surface area (TPSA) is 58.2 Å². The fourth-order valence-electron chi connectivity index (χ4n) is 1.65. The maximum Gasteiger partial charge on any atom is 0.262 e. The van der Waals surface area contributed by atoms with Gasteiger partial charge in [0.2, 0.25) is 5.91 Å². The third kappa shape index (κ3) is 3.24. The minimum Gasteiger partial charge on any atom is -0.355 e. The van der Waals surface area contributed by atoms with Crippen molar-refractivity contribution < 1.29 is 9.59 Å². The van der Waals surface area contributed by atoms with Crippen molar-refractivity contribution in [3.63, 3.8) is 0 Å². The van der Waals surface area contributed by atoms with E-state index in [-0.39, 0.29) is 11.8 Å². The van der Waals surface area contributed by atoms with Gasteiger partial charge in [0.15, 0.2) is 0 Å². The van der Waals surface area contributed by atoms with Gasteiger partial charge in [-0.15, -0.1) is 11.3 Å². The molecule has 4 nitrogen and oxygen atoms in total. The zero-order valence-corrected chi connectivity index (χ0v) is 11.9. The summed E-state index contributed by atoms with van der Waals surface area (Å²) in [5.74, 6) is -0.328. The molecule has 19 heavy (non-hydrogen) atoms. The first kappa shape index (κ1) is 13.8. The van der Waals surface area contributed by atoms with Crippen LogP contribution in [0.25, 0.3) is 10.1 Å². The van der Waals surface area contributed by atoms with Gasteiger partial charge < -0.3 is 10.6 Å². The Labute approximate surface area is 119 Å². The number of amides is 2. The standard InChI is InChI=1S/C13H13ClN2O2S/c1-8(17)15-6-7-16-13(18)12-11(14)9-4-2-3-5-10(9)19-12/h2-5H,6-7H2,1H3,(H,15,17)(H,16,18). The summed E-state index contributed by atoms with van der Waals surface area (Å²) < 4.78 is 0.986. The van der Waals surface area contributed by atoms with Crippen molar-refractivity contribution in [2.75, 3.05) is 13.1 Å². The summed E-state index contributed by atoms with van der Waals surface area (Å²) >= 11 is 7.56. The van der Waals surface area contributed by atoms with E-state index in [1.807, 2.05) is 24.3 Å². The molecule has 0 fully saturated rings. The van der Waals surface area contributed by atoms with E-state index >= 15 is 0 Å². The predicted octanol–water partition coefficient (Wildman–Crippen LogP) is 2.42. The number of fused-ring (bicyclic) bond motifs is 1. The largest absolute Gasteiger partial charge is 0.355 e. The molecule has 0 saturated carbocycles. The van der Waals surface area contributed by atoms with E-state index in [0.29, 0.717) is 23.0 Å². The summed E-state index contributed by atoms with van der Waals surface area (Å²) in [5, 5.41) is 6.71. The summed E-state index contributed by atoms with van der Waals surface area (Å²) in [4.78, 5) is 23.2. The van der Waals surface area contributed by atoms with Gasteiger partial charge in [-0.3, -0.25) is 9.59 Å². The highest BCUT2D eigenvalue weighted by Gasteiger charge is 2.16. The summed E-state index contributed by atoms with van der Waals surface area (Å²) in [6, 6.07) is 7.62. The SMILES string of the molecule is CC(=O)NCCNC(=O)c1sc2ccccc2c1Cl. The van der Waals surface area contributed by atoms with E-state index < -0.39 is 0 Å². The van der Waals surface area contributed by atoms with Gasteiger partial charge in [-0.1, -0.05) is 29.8 Å². The highest BCUT2D eigenvalue weighted by molar-refractivity contribution is 7.21. The first-order valence-electron chi connectivity index (χ1n) is 5.79. The molecule has 0 spiro atoms. The molecule has 0 bridgehead atoms. The van der Waals surface area contributed by atoms with Gasteiger partial charge in [-0.25, -0.2) is 0 Å². The molecule has 6 heteroatoms. The molecule has 2 N–H and O–H groups in total. The molecule has 1 aromatic heterocycles. The molecule has 100 valence electrons. The smallest absolute Gasteiger partial charge is 0.262 e. The van der Waals surface area contributed by atoms with Crippen molar-refractivity contribution in [3.8, 4) is 0 Å². The molecule has 1 heterocycles. The maximum atomic E-state index is 12.0. The molecule has 0 aliphatic carbocycles. The molecular weight excluding hydrogens is 284 g/mol. The molecule has 0 aliphatic rings. The first-order valence-corrected chi connectivity index (χ1v) is 6.98. The molecule has 0 saturated heterocycles. The third-order valence-corrected chi connectivity index (χ3v) is 4.20. The van der Waals surface area contributed by atoms with Crippen LogP contribution in [0, 0.1) is 0 Å². The van der Waals surface area contributed by atoms with Crippen LogP contribution in [0.1, 0.15) is 16.6 Å². The monoisotopic (exact) mass is 296 g/mol. The summed E-state index contributed by atoms with van der Waals surface area (Å²) in [7, 11) is 0.